The third-order valence-corrected chi connectivity index (χ3v) is 4.89. The maximum Gasteiger partial charge on any atom is 0.308 e. The fourth-order valence-corrected chi connectivity index (χ4v) is 3.56. The summed E-state index contributed by atoms with van der Waals surface area (Å²) in [5.74, 6) is -2.96. The van der Waals surface area contributed by atoms with Crippen LogP contribution in [0.5, 0.6) is 40.2 Å². The molecule has 12 nitrogen and oxygen atoms in total. The molecular formula is C25H24O12. The molecule has 0 radical (unpaired) electrons. The number of carbonyl (C=O) groups excluding carboxylic acids is 3. The van der Waals surface area contributed by atoms with Crippen molar-refractivity contribution in [2.75, 3.05) is 28.4 Å². The number of hydrogen-bond donors (Lipinski definition) is 0. The number of carbonyl (C=O) groups is 3. The van der Waals surface area contributed by atoms with Gasteiger partial charge in [0.2, 0.25) is 22.7 Å². The van der Waals surface area contributed by atoms with Crippen LogP contribution in [0.4, 0.5) is 0 Å². The van der Waals surface area contributed by atoms with E-state index >= 15 is 0 Å². The lowest BCUT2D eigenvalue weighted by Gasteiger charge is -2.17. The van der Waals surface area contributed by atoms with E-state index in [0.717, 1.165) is 13.8 Å². The number of methoxy groups -OCH3 is 4. The molecule has 0 aliphatic heterocycles. The van der Waals surface area contributed by atoms with Crippen molar-refractivity contribution < 1.29 is 52.0 Å². The summed E-state index contributed by atoms with van der Waals surface area (Å²) in [4.78, 5) is 48.9. The summed E-state index contributed by atoms with van der Waals surface area (Å²) in [5.41, 5.74) is -0.620. The van der Waals surface area contributed by atoms with Gasteiger partial charge in [-0.2, -0.15) is 0 Å². The van der Waals surface area contributed by atoms with Crippen LogP contribution < -0.4 is 38.6 Å². The van der Waals surface area contributed by atoms with Crippen molar-refractivity contribution in [2.24, 2.45) is 0 Å². The highest BCUT2D eigenvalue weighted by molar-refractivity contribution is 5.95. The summed E-state index contributed by atoms with van der Waals surface area (Å²) in [6.45, 7) is 3.44. The molecule has 1 heterocycles. The first-order chi connectivity index (χ1) is 17.6. The van der Waals surface area contributed by atoms with Gasteiger partial charge in [-0.25, -0.2) is 0 Å². The highest BCUT2D eigenvalue weighted by Gasteiger charge is 2.28. The number of fused-ring (bicyclic) bond motifs is 1. The molecule has 0 fully saturated rings. The largest absolute Gasteiger partial charge is 0.493 e. The van der Waals surface area contributed by atoms with Crippen molar-refractivity contribution in [2.45, 2.75) is 20.8 Å². The number of ether oxygens (including phenoxy) is 7. The molecule has 3 rings (SSSR count). The topological polar surface area (TPSA) is 146 Å². The second-order valence-electron chi connectivity index (χ2n) is 7.39. The molecule has 0 unspecified atom stereocenters. The van der Waals surface area contributed by atoms with E-state index in [1.807, 2.05) is 0 Å². The van der Waals surface area contributed by atoms with E-state index in [9.17, 15) is 19.2 Å². The van der Waals surface area contributed by atoms with E-state index in [1.54, 1.807) is 0 Å². The Balaban J connectivity index is 2.46. The van der Waals surface area contributed by atoms with E-state index in [2.05, 4.69) is 0 Å². The molecule has 0 saturated carbocycles. The summed E-state index contributed by atoms with van der Waals surface area (Å²) < 4.78 is 43.0. The van der Waals surface area contributed by atoms with Crippen molar-refractivity contribution in [3.05, 3.63) is 28.4 Å². The molecular weight excluding hydrogens is 492 g/mol. The SMILES string of the molecule is COc1cc(-c2oc3cc(OC)c(OC(C)=O)c(OC(C)=O)c3c(=O)c2OC)cc(OC(C)=O)c1OC. The van der Waals surface area contributed by atoms with Gasteiger partial charge in [-0.05, 0) is 12.1 Å². The Morgan fingerprint density at radius 2 is 1.14 bits per heavy atom. The van der Waals surface area contributed by atoms with Gasteiger partial charge in [-0.15, -0.1) is 0 Å². The zero-order valence-corrected chi connectivity index (χ0v) is 21.1. The van der Waals surface area contributed by atoms with E-state index in [-0.39, 0.29) is 62.5 Å². The van der Waals surface area contributed by atoms with Gasteiger partial charge in [-0.1, -0.05) is 0 Å². The molecule has 37 heavy (non-hydrogen) atoms. The maximum atomic E-state index is 13.6. The molecule has 0 aliphatic rings. The van der Waals surface area contributed by atoms with Crippen molar-refractivity contribution in [1.29, 1.82) is 0 Å². The van der Waals surface area contributed by atoms with E-state index in [4.69, 9.17) is 37.6 Å². The van der Waals surface area contributed by atoms with Gasteiger partial charge in [0.25, 0.3) is 0 Å². The van der Waals surface area contributed by atoms with Crippen LogP contribution in [-0.2, 0) is 14.4 Å². The Morgan fingerprint density at radius 1 is 0.622 bits per heavy atom. The number of benzene rings is 2. The van der Waals surface area contributed by atoms with E-state index in [1.165, 1.54) is 53.6 Å². The van der Waals surface area contributed by atoms with Crippen LogP contribution in [0.3, 0.4) is 0 Å². The minimum atomic E-state index is -0.795. The quantitative estimate of drug-likeness (QED) is 0.320. The van der Waals surface area contributed by atoms with E-state index < -0.39 is 23.3 Å². The molecule has 12 heteroatoms. The Kier molecular flexibility index (Phi) is 7.91. The van der Waals surface area contributed by atoms with Crippen LogP contribution in [-0.4, -0.2) is 46.3 Å². The normalized spacial score (nSPS) is 10.5. The molecule has 1 aromatic heterocycles. The van der Waals surface area contributed by atoms with Crippen LogP contribution in [0, 0.1) is 0 Å². The Bertz CT molecular complexity index is 1450. The Morgan fingerprint density at radius 3 is 1.65 bits per heavy atom. The molecule has 0 saturated heterocycles. The van der Waals surface area contributed by atoms with Gasteiger partial charge in [0.05, 0.1) is 28.4 Å². The first-order valence-electron chi connectivity index (χ1n) is 10.6. The molecule has 0 N–H and O–H groups in total. The summed E-state index contributed by atoms with van der Waals surface area (Å²) in [6.07, 6.45) is 0. The monoisotopic (exact) mass is 516 g/mol. The highest BCUT2D eigenvalue weighted by atomic mass is 16.6. The molecule has 0 amide bonds. The number of rotatable bonds is 8. The predicted molar refractivity (Wildman–Crippen MR) is 128 cm³/mol. The molecule has 196 valence electrons. The number of hydrogen-bond acceptors (Lipinski definition) is 12. The Labute approximate surface area is 210 Å². The minimum absolute atomic E-state index is 0.00228. The smallest absolute Gasteiger partial charge is 0.308 e. The third-order valence-electron chi connectivity index (χ3n) is 4.89. The van der Waals surface area contributed by atoms with Crippen molar-refractivity contribution in [3.63, 3.8) is 0 Å². The molecule has 0 spiro atoms. The van der Waals surface area contributed by atoms with Gasteiger partial charge in [0.1, 0.15) is 11.0 Å². The first-order valence-corrected chi connectivity index (χ1v) is 10.6. The Hall–Kier alpha value is -4.74. The number of esters is 3. The molecule has 0 aliphatic carbocycles. The fraction of sp³-hybridized carbons (Fsp3) is 0.280. The van der Waals surface area contributed by atoms with Gasteiger partial charge >= 0.3 is 17.9 Å². The van der Waals surface area contributed by atoms with Crippen molar-refractivity contribution in [3.8, 4) is 51.6 Å². The minimum Gasteiger partial charge on any atom is -0.493 e. The zero-order valence-electron chi connectivity index (χ0n) is 21.1. The third kappa shape index (κ3) is 5.27. The lowest BCUT2D eigenvalue weighted by atomic mass is 10.1. The van der Waals surface area contributed by atoms with Gasteiger partial charge < -0.3 is 37.6 Å². The lowest BCUT2D eigenvalue weighted by molar-refractivity contribution is -0.134. The maximum absolute atomic E-state index is 13.6. The van der Waals surface area contributed by atoms with Gasteiger partial charge in [0, 0.05) is 32.4 Å². The van der Waals surface area contributed by atoms with Crippen LogP contribution in [0.2, 0.25) is 0 Å². The van der Waals surface area contributed by atoms with Gasteiger partial charge in [-0.3, -0.25) is 19.2 Å². The second kappa shape index (κ2) is 10.9. The zero-order chi connectivity index (χ0) is 27.4. The van der Waals surface area contributed by atoms with Crippen LogP contribution in [0.15, 0.2) is 27.4 Å². The van der Waals surface area contributed by atoms with Gasteiger partial charge in [0.15, 0.2) is 28.8 Å². The fourth-order valence-electron chi connectivity index (χ4n) is 3.56. The predicted octanol–water partition coefficient (Wildman–Crippen LogP) is 3.27. The summed E-state index contributed by atoms with van der Waals surface area (Å²) >= 11 is 0. The van der Waals surface area contributed by atoms with Crippen LogP contribution >= 0.6 is 0 Å². The average Bonchev–Trinajstić information content (AvgIpc) is 2.83. The van der Waals surface area contributed by atoms with Crippen molar-refractivity contribution in [1.82, 2.24) is 0 Å². The van der Waals surface area contributed by atoms with E-state index in [0.29, 0.717) is 0 Å². The summed E-state index contributed by atoms with van der Waals surface area (Å²) in [5, 5.41) is -0.242. The van der Waals surface area contributed by atoms with Crippen molar-refractivity contribution >= 4 is 28.9 Å². The average molecular weight is 516 g/mol. The molecule has 0 atom stereocenters. The standard InChI is InChI=1S/C25H24O12/c1-11(26)34-18-9-14(8-16(30-4)22(18)32-6)21-25(33-7)20(29)19-15(37-21)10-17(31-5)23(35-12(2)27)24(19)36-13(3)28/h8-10H,1-7H3. The lowest BCUT2D eigenvalue weighted by Crippen LogP contribution is -2.14. The summed E-state index contributed by atoms with van der Waals surface area (Å²) in [6, 6.07) is 4.17. The molecule has 2 aromatic carbocycles. The molecule has 3 aromatic rings. The first kappa shape index (κ1) is 26.9. The highest BCUT2D eigenvalue weighted by Crippen LogP contribution is 2.47. The summed E-state index contributed by atoms with van der Waals surface area (Å²) in [7, 11) is 5.26. The second-order valence-corrected chi connectivity index (χ2v) is 7.39. The van der Waals surface area contributed by atoms with Crippen LogP contribution in [0.25, 0.3) is 22.3 Å². The van der Waals surface area contributed by atoms with Crippen LogP contribution in [0.1, 0.15) is 20.8 Å². The molecule has 0 bridgehead atoms.